The van der Waals surface area contributed by atoms with E-state index >= 15 is 0 Å². The summed E-state index contributed by atoms with van der Waals surface area (Å²) < 4.78 is 25.9. The second-order valence-corrected chi connectivity index (χ2v) is 7.14. The first-order valence-electron chi connectivity index (χ1n) is 5.59. The molecule has 1 heterocycles. The molecular weight excluding hydrogens is 322 g/mol. The van der Waals surface area contributed by atoms with Crippen molar-refractivity contribution in [3.05, 3.63) is 34.8 Å². The molecule has 0 aliphatic heterocycles. The van der Waals surface area contributed by atoms with E-state index in [1.54, 1.807) is 0 Å². The van der Waals surface area contributed by atoms with Gasteiger partial charge in [-0.1, -0.05) is 11.4 Å². The number of amides is 1. The zero-order valence-corrected chi connectivity index (χ0v) is 12.7. The van der Waals surface area contributed by atoms with Gasteiger partial charge in [-0.2, -0.15) is 0 Å². The number of rotatable bonds is 4. The van der Waals surface area contributed by atoms with Crippen molar-refractivity contribution in [1.29, 1.82) is 0 Å². The molecule has 0 saturated heterocycles. The van der Waals surface area contributed by atoms with Crippen molar-refractivity contribution in [3.8, 4) is 0 Å². The highest BCUT2D eigenvalue weighted by molar-refractivity contribution is 8.13. The van der Waals surface area contributed by atoms with Crippen molar-refractivity contribution in [2.45, 2.75) is 18.2 Å². The first kappa shape index (κ1) is 14.9. The maximum absolute atomic E-state index is 12.0. The van der Waals surface area contributed by atoms with E-state index < -0.39 is 9.05 Å². The number of nitrogens with zero attached hydrogens (tertiary/aromatic N) is 2. The van der Waals surface area contributed by atoms with Crippen LogP contribution < -0.4 is 5.32 Å². The second-order valence-electron chi connectivity index (χ2n) is 3.82. The fourth-order valence-corrected chi connectivity index (χ4v) is 2.92. The van der Waals surface area contributed by atoms with Gasteiger partial charge in [-0.05, 0) is 42.2 Å². The van der Waals surface area contributed by atoms with E-state index in [0.29, 0.717) is 22.7 Å². The Hall–Kier alpha value is -1.51. The van der Waals surface area contributed by atoms with E-state index in [2.05, 4.69) is 14.9 Å². The standard InChI is InChI=1S/C11H10ClN3O3S2/c1-2-9-10(19-15-14-9)11(16)13-7-3-5-8(6-4-7)20(12,17)18/h3-6H,2H2,1H3,(H,13,16). The molecule has 0 saturated carbocycles. The number of carbonyl (C=O) groups excluding carboxylic acids is 1. The highest BCUT2D eigenvalue weighted by Crippen LogP contribution is 2.19. The lowest BCUT2D eigenvalue weighted by Crippen LogP contribution is -2.12. The van der Waals surface area contributed by atoms with Crippen molar-refractivity contribution in [2.75, 3.05) is 5.32 Å². The fraction of sp³-hybridized carbons (Fsp3) is 0.182. The molecule has 0 fully saturated rings. The van der Waals surface area contributed by atoms with E-state index in [0.717, 1.165) is 11.5 Å². The average molecular weight is 332 g/mol. The summed E-state index contributed by atoms with van der Waals surface area (Å²) in [4.78, 5) is 12.4. The van der Waals surface area contributed by atoms with Crippen LogP contribution in [0.4, 0.5) is 5.69 Å². The van der Waals surface area contributed by atoms with Crippen LogP contribution in [0.5, 0.6) is 0 Å². The van der Waals surface area contributed by atoms with Gasteiger partial charge in [0.25, 0.3) is 15.0 Å². The molecule has 0 aliphatic carbocycles. The summed E-state index contributed by atoms with van der Waals surface area (Å²) in [5.74, 6) is -0.321. The van der Waals surface area contributed by atoms with Crippen molar-refractivity contribution in [1.82, 2.24) is 9.59 Å². The Labute approximate surface area is 124 Å². The zero-order chi connectivity index (χ0) is 14.8. The number of hydrogen-bond acceptors (Lipinski definition) is 6. The van der Waals surface area contributed by atoms with Crippen molar-refractivity contribution in [3.63, 3.8) is 0 Å². The normalized spacial score (nSPS) is 11.3. The Morgan fingerprint density at radius 3 is 2.55 bits per heavy atom. The number of nitrogens with one attached hydrogen (secondary N) is 1. The Morgan fingerprint density at radius 2 is 2.00 bits per heavy atom. The molecule has 0 spiro atoms. The minimum absolute atomic E-state index is 0.0223. The van der Waals surface area contributed by atoms with Gasteiger partial charge in [0.05, 0.1) is 10.6 Å². The van der Waals surface area contributed by atoms with Crippen LogP contribution in [0, 0.1) is 0 Å². The third kappa shape index (κ3) is 3.33. The summed E-state index contributed by atoms with van der Waals surface area (Å²) in [6, 6.07) is 5.58. The molecule has 2 rings (SSSR count). The number of hydrogen-bond donors (Lipinski definition) is 1. The van der Waals surface area contributed by atoms with Gasteiger partial charge < -0.3 is 5.32 Å². The summed E-state index contributed by atoms with van der Waals surface area (Å²) >= 11 is 1.02. The minimum Gasteiger partial charge on any atom is -0.321 e. The number of aryl methyl sites for hydroxylation is 1. The van der Waals surface area contributed by atoms with Gasteiger partial charge >= 0.3 is 0 Å². The number of halogens is 1. The van der Waals surface area contributed by atoms with Gasteiger partial charge in [0.1, 0.15) is 4.88 Å². The number of carbonyl (C=O) groups is 1. The monoisotopic (exact) mass is 331 g/mol. The molecule has 0 radical (unpaired) electrons. The SMILES string of the molecule is CCc1nnsc1C(=O)Nc1ccc(S(=O)(=O)Cl)cc1. The largest absolute Gasteiger partial charge is 0.321 e. The van der Waals surface area contributed by atoms with Crippen LogP contribution in [0.1, 0.15) is 22.3 Å². The Kier molecular flexibility index (Phi) is 4.36. The molecular formula is C11H10ClN3O3S2. The molecule has 106 valence electrons. The van der Waals surface area contributed by atoms with Gasteiger partial charge in [-0.15, -0.1) is 5.10 Å². The summed E-state index contributed by atoms with van der Waals surface area (Å²) in [6.45, 7) is 1.88. The third-order valence-corrected chi connectivity index (χ3v) is 4.63. The van der Waals surface area contributed by atoms with E-state index in [-0.39, 0.29) is 10.8 Å². The molecule has 1 aromatic carbocycles. The predicted octanol–water partition coefficient (Wildman–Crippen LogP) is 2.28. The van der Waals surface area contributed by atoms with E-state index in [9.17, 15) is 13.2 Å². The van der Waals surface area contributed by atoms with Crippen LogP contribution in [-0.2, 0) is 15.5 Å². The van der Waals surface area contributed by atoms with Crippen LogP contribution in [0.2, 0.25) is 0 Å². The smallest absolute Gasteiger partial charge is 0.269 e. The summed E-state index contributed by atoms with van der Waals surface area (Å²) in [6.07, 6.45) is 0.614. The van der Waals surface area contributed by atoms with Crippen molar-refractivity contribution >= 4 is 42.9 Å². The lowest BCUT2D eigenvalue weighted by Gasteiger charge is -2.04. The van der Waals surface area contributed by atoms with Crippen LogP contribution in [0.25, 0.3) is 0 Å². The Bertz CT molecular complexity index is 726. The van der Waals surface area contributed by atoms with Crippen molar-refractivity contribution < 1.29 is 13.2 Å². The van der Waals surface area contributed by atoms with Gasteiger partial charge in [0.15, 0.2) is 0 Å². The van der Waals surface area contributed by atoms with Gasteiger partial charge in [0.2, 0.25) is 0 Å². The molecule has 1 N–H and O–H groups in total. The van der Waals surface area contributed by atoms with E-state index in [1.165, 1.54) is 24.3 Å². The topological polar surface area (TPSA) is 89.0 Å². The number of aromatic nitrogens is 2. The predicted molar refractivity (Wildman–Crippen MR) is 76.7 cm³/mol. The summed E-state index contributed by atoms with van der Waals surface area (Å²) in [5, 5.41) is 6.51. The average Bonchev–Trinajstić information content (AvgIpc) is 2.86. The molecule has 1 amide bonds. The molecule has 9 heteroatoms. The molecule has 0 bridgehead atoms. The third-order valence-electron chi connectivity index (χ3n) is 2.49. The van der Waals surface area contributed by atoms with Gasteiger partial charge in [0, 0.05) is 16.4 Å². The Balaban J connectivity index is 2.17. The van der Waals surface area contributed by atoms with Gasteiger partial charge in [-0.3, -0.25) is 4.79 Å². The fourth-order valence-electron chi connectivity index (χ4n) is 1.50. The maximum Gasteiger partial charge on any atom is 0.269 e. The number of anilines is 1. The van der Waals surface area contributed by atoms with Crippen molar-refractivity contribution in [2.24, 2.45) is 0 Å². The highest BCUT2D eigenvalue weighted by atomic mass is 35.7. The molecule has 20 heavy (non-hydrogen) atoms. The molecule has 0 atom stereocenters. The molecule has 6 nitrogen and oxygen atoms in total. The zero-order valence-electron chi connectivity index (χ0n) is 10.3. The van der Waals surface area contributed by atoms with Crippen LogP contribution >= 0.6 is 22.2 Å². The van der Waals surface area contributed by atoms with Crippen LogP contribution in [0.15, 0.2) is 29.2 Å². The molecule has 1 aromatic heterocycles. The van der Waals surface area contributed by atoms with Gasteiger partial charge in [-0.25, -0.2) is 8.42 Å². The lowest BCUT2D eigenvalue weighted by molar-refractivity contribution is 0.102. The summed E-state index contributed by atoms with van der Waals surface area (Å²) in [5.41, 5.74) is 1.10. The molecule has 0 unspecified atom stereocenters. The van der Waals surface area contributed by atoms with E-state index in [1.807, 2.05) is 6.92 Å². The Morgan fingerprint density at radius 1 is 1.35 bits per heavy atom. The summed E-state index contributed by atoms with van der Waals surface area (Å²) in [7, 11) is 1.45. The quantitative estimate of drug-likeness (QED) is 0.868. The lowest BCUT2D eigenvalue weighted by atomic mass is 10.2. The van der Waals surface area contributed by atoms with Crippen LogP contribution in [-0.4, -0.2) is 23.9 Å². The van der Waals surface area contributed by atoms with E-state index in [4.69, 9.17) is 10.7 Å². The minimum atomic E-state index is -3.76. The number of benzene rings is 1. The first-order valence-corrected chi connectivity index (χ1v) is 8.67. The highest BCUT2D eigenvalue weighted by Gasteiger charge is 2.15. The maximum atomic E-state index is 12.0. The molecule has 2 aromatic rings. The first-order chi connectivity index (χ1) is 9.41. The second kappa shape index (κ2) is 5.86. The molecule has 0 aliphatic rings. The van der Waals surface area contributed by atoms with Crippen LogP contribution in [0.3, 0.4) is 0 Å².